The molecule has 1 aromatic heterocycles. The van der Waals surface area contributed by atoms with E-state index in [-0.39, 0.29) is 0 Å². The molecule has 0 aliphatic heterocycles. The van der Waals surface area contributed by atoms with E-state index in [2.05, 4.69) is 44.5 Å². The third-order valence-corrected chi connectivity index (χ3v) is 4.82. The minimum absolute atomic E-state index is 0.494. The summed E-state index contributed by atoms with van der Waals surface area (Å²) in [5.41, 5.74) is 8.34. The van der Waals surface area contributed by atoms with Crippen LogP contribution < -0.4 is 5.73 Å². The number of nitrogens with zero attached hydrogens (tertiary/aromatic N) is 2. The lowest BCUT2D eigenvalue weighted by atomic mass is 9.96. The number of halogens is 1. The number of anilines is 1. The lowest BCUT2D eigenvalue weighted by Crippen LogP contribution is -2.18. The van der Waals surface area contributed by atoms with Gasteiger partial charge in [-0.3, -0.25) is 0 Å². The van der Waals surface area contributed by atoms with Gasteiger partial charge >= 0.3 is 0 Å². The van der Waals surface area contributed by atoms with E-state index in [1.165, 1.54) is 37.6 Å². The second kappa shape index (κ2) is 5.16. The first-order valence-corrected chi connectivity index (χ1v) is 7.89. The largest absolute Gasteiger partial charge is 0.369 e. The lowest BCUT2D eigenvalue weighted by molar-refractivity contribution is 0.344. The molecule has 0 saturated heterocycles. The summed E-state index contributed by atoms with van der Waals surface area (Å²) in [5, 5.41) is 0. The van der Waals surface area contributed by atoms with Crippen molar-refractivity contribution in [3.05, 3.63) is 22.7 Å². The Balaban J connectivity index is 2.10. The third kappa shape index (κ3) is 2.38. The number of hydrogen-bond donors (Lipinski definition) is 1. The molecule has 1 saturated carbocycles. The van der Waals surface area contributed by atoms with Gasteiger partial charge in [0.15, 0.2) is 0 Å². The van der Waals surface area contributed by atoms with Crippen LogP contribution >= 0.6 is 15.9 Å². The normalized spacial score (nSPS) is 24.5. The van der Waals surface area contributed by atoms with E-state index in [9.17, 15) is 0 Å². The molecule has 0 amide bonds. The zero-order chi connectivity index (χ0) is 13.4. The van der Waals surface area contributed by atoms with Crippen molar-refractivity contribution < 1.29 is 0 Å². The van der Waals surface area contributed by atoms with Gasteiger partial charge < -0.3 is 10.3 Å². The SMILES string of the molecule is CC1CCCCCC1n1c(N)nc2cc(Br)ccc21. The Labute approximate surface area is 122 Å². The predicted octanol–water partition coefficient (Wildman–Crippen LogP) is 4.52. The molecule has 3 rings (SSSR count). The number of benzene rings is 1. The van der Waals surface area contributed by atoms with Crippen molar-refractivity contribution in [2.75, 3.05) is 5.73 Å². The number of nitrogen functional groups attached to an aromatic ring is 1. The van der Waals surface area contributed by atoms with Crippen molar-refractivity contribution >= 4 is 32.9 Å². The van der Waals surface area contributed by atoms with Gasteiger partial charge in [0.1, 0.15) is 0 Å². The van der Waals surface area contributed by atoms with Crippen LogP contribution in [0.4, 0.5) is 5.95 Å². The van der Waals surface area contributed by atoms with E-state index >= 15 is 0 Å². The van der Waals surface area contributed by atoms with Gasteiger partial charge in [-0.1, -0.05) is 42.1 Å². The van der Waals surface area contributed by atoms with E-state index in [1.54, 1.807) is 0 Å². The number of imidazole rings is 1. The van der Waals surface area contributed by atoms with Gasteiger partial charge in [0.2, 0.25) is 5.95 Å². The quantitative estimate of drug-likeness (QED) is 0.784. The van der Waals surface area contributed by atoms with Crippen molar-refractivity contribution in [1.82, 2.24) is 9.55 Å². The Morgan fingerprint density at radius 3 is 2.89 bits per heavy atom. The molecule has 19 heavy (non-hydrogen) atoms. The van der Waals surface area contributed by atoms with Gasteiger partial charge in [-0.2, -0.15) is 0 Å². The standard InChI is InChI=1S/C15H20BrN3/c1-10-5-3-2-4-6-13(10)19-14-8-7-11(16)9-12(14)18-15(19)17/h7-10,13H,2-6H2,1H3,(H2,17,18). The Hall–Kier alpha value is -1.03. The Bertz CT molecular complexity index is 590. The number of rotatable bonds is 1. The topological polar surface area (TPSA) is 43.8 Å². The molecular weight excluding hydrogens is 302 g/mol. The van der Waals surface area contributed by atoms with Crippen molar-refractivity contribution in [2.45, 2.75) is 45.1 Å². The van der Waals surface area contributed by atoms with Crippen LogP contribution in [0, 0.1) is 5.92 Å². The summed E-state index contributed by atoms with van der Waals surface area (Å²) >= 11 is 3.50. The fraction of sp³-hybridized carbons (Fsp3) is 0.533. The van der Waals surface area contributed by atoms with Crippen molar-refractivity contribution in [3.8, 4) is 0 Å². The minimum atomic E-state index is 0.494. The molecule has 2 unspecified atom stereocenters. The van der Waals surface area contributed by atoms with Gasteiger partial charge in [-0.25, -0.2) is 4.98 Å². The first kappa shape index (κ1) is 13.0. The minimum Gasteiger partial charge on any atom is -0.369 e. The first-order chi connectivity index (χ1) is 9.16. The average Bonchev–Trinajstić information content (AvgIpc) is 2.54. The van der Waals surface area contributed by atoms with Crippen LogP contribution in [-0.2, 0) is 0 Å². The Morgan fingerprint density at radius 2 is 2.05 bits per heavy atom. The van der Waals surface area contributed by atoms with Crippen molar-refractivity contribution in [1.29, 1.82) is 0 Å². The highest BCUT2D eigenvalue weighted by Crippen LogP contribution is 2.36. The molecule has 0 spiro atoms. The summed E-state index contributed by atoms with van der Waals surface area (Å²) < 4.78 is 3.32. The molecule has 1 aromatic carbocycles. The summed E-state index contributed by atoms with van der Waals surface area (Å²) in [6, 6.07) is 6.74. The van der Waals surface area contributed by atoms with Crippen LogP contribution in [0.2, 0.25) is 0 Å². The molecule has 2 aromatic rings. The Morgan fingerprint density at radius 1 is 1.26 bits per heavy atom. The molecule has 1 heterocycles. The van der Waals surface area contributed by atoms with E-state index in [0.717, 1.165) is 9.99 Å². The zero-order valence-corrected chi connectivity index (χ0v) is 12.9. The monoisotopic (exact) mass is 321 g/mol. The molecule has 0 bridgehead atoms. The maximum absolute atomic E-state index is 6.18. The molecule has 0 radical (unpaired) electrons. The molecular formula is C15H20BrN3. The maximum atomic E-state index is 6.18. The molecule has 3 nitrogen and oxygen atoms in total. The highest BCUT2D eigenvalue weighted by Gasteiger charge is 2.24. The van der Waals surface area contributed by atoms with Gasteiger partial charge in [-0.15, -0.1) is 0 Å². The highest BCUT2D eigenvalue weighted by atomic mass is 79.9. The summed E-state index contributed by atoms with van der Waals surface area (Å²) in [5.74, 6) is 1.33. The molecule has 2 N–H and O–H groups in total. The molecule has 1 aliphatic rings. The fourth-order valence-corrected chi connectivity index (χ4v) is 3.65. The number of fused-ring (bicyclic) bond motifs is 1. The second-order valence-electron chi connectivity index (χ2n) is 5.66. The number of aromatic nitrogens is 2. The Kier molecular flexibility index (Phi) is 3.52. The molecule has 1 aliphatic carbocycles. The fourth-order valence-electron chi connectivity index (χ4n) is 3.30. The van der Waals surface area contributed by atoms with Crippen molar-refractivity contribution in [3.63, 3.8) is 0 Å². The summed E-state index contributed by atoms with van der Waals surface area (Å²) in [6.45, 7) is 2.35. The van der Waals surface area contributed by atoms with Gasteiger partial charge in [-0.05, 0) is 37.0 Å². The maximum Gasteiger partial charge on any atom is 0.201 e. The molecule has 2 atom stereocenters. The van der Waals surface area contributed by atoms with Crippen LogP contribution in [0.3, 0.4) is 0 Å². The van der Waals surface area contributed by atoms with E-state index < -0.39 is 0 Å². The van der Waals surface area contributed by atoms with Crippen molar-refractivity contribution in [2.24, 2.45) is 5.92 Å². The van der Waals surface area contributed by atoms with Gasteiger partial charge in [0.05, 0.1) is 11.0 Å². The van der Waals surface area contributed by atoms with E-state index in [0.29, 0.717) is 17.9 Å². The van der Waals surface area contributed by atoms with Gasteiger partial charge in [0, 0.05) is 10.5 Å². The summed E-state index contributed by atoms with van der Waals surface area (Å²) in [7, 11) is 0. The summed E-state index contributed by atoms with van der Waals surface area (Å²) in [4.78, 5) is 4.52. The van der Waals surface area contributed by atoms with Crippen LogP contribution in [0.5, 0.6) is 0 Å². The van der Waals surface area contributed by atoms with Gasteiger partial charge in [0.25, 0.3) is 0 Å². The van der Waals surface area contributed by atoms with Crippen LogP contribution in [0.1, 0.15) is 45.1 Å². The van der Waals surface area contributed by atoms with Crippen LogP contribution in [0.15, 0.2) is 22.7 Å². The summed E-state index contributed by atoms with van der Waals surface area (Å²) in [6.07, 6.45) is 6.49. The second-order valence-corrected chi connectivity index (χ2v) is 6.57. The first-order valence-electron chi connectivity index (χ1n) is 7.10. The predicted molar refractivity (Wildman–Crippen MR) is 83.1 cm³/mol. The molecule has 1 fully saturated rings. The lowest BCUT2D eigenvalue weighted by Gasteiger charge is -2.24. The van der Waals surface area contributed by atoms with E-state index in [4.69, 9.17) is 5.73 Å². The number of hydrogen-bond acceptors (Lipinski definition) is 2. The van der Waals surface area contributed by atoms with E-state index in [1.807, 2.05) is 6.07 Å². The smallest absolute Gasteiger partial charge is 0.201 e. The number of nitrogens with two attached hydrogens (primary N) is 1. The van der Waals surface area contributed by atoms with Crippen LogP contribution in [0.25, 0.3) is 11.0 Å². The average molecular weight is 322 g/mol. The highest BCUT2D eigenvalue weighted by molar-refractivity contribution is 9.10. The molecule has 4 heteroatoms. The third-order valence-electron chi connectivity index (χ3n) is 4.33. The molecule has 102 valence electrons. The van der Waals surface area contributed by atoms with Crippen LogP contribution in [-0.4, -0.2) is 9.55 Å². The zero-order valence-electron chi connectivity index (χ0n) is 11.3.